The van der Waals surface area contributed by atoms with Gasteiger partial charge in [0.2, 0.25) is 5.91 Å². The number of anilines is 1. The number of nitrogens with zero attached hydrogens (tertiary/aromatic N) is 2. The molecule has 0 aliphatic carbocycles. The summed E-state index contributed by atoms with van der Waals surface area (Å²) in [5.74, 6) is 0.818. The first-order chi connectivity index (χ1) is 10.6. The predicted octanol–water partition coefficient (Wildman–Crippen LogP) is 2.68. The Hall–Kier alpha value is -2.01. The van der Waals surface area contributed by atoms with Gasteiger partial charge in [-0.15, -0.1) is 11.8 Å². The maximum Gasteiger partial charge on any atom is 0.253 e. The minimum absolute atomic E-state index is 0.0482. The Morgan fingerprint density at radius 2 is 2.05 bits per heavy atom. The van der Waals surface area contributed by atoms with Gasteiger partial charge in [-0.1, -0.05) is 18.2 Å². The quantitative estimate of drug-likeness (QED) is 0.856. The number of amides is 1. The molecule has 0 fully saturated rings. The lowest BCUT2D eigenvalue weighted by molar-refractivity contribution is -0.119. The van der Waals surface area contributed by atoms with E-state index in [1.165, 1.54) is 4.57 Å². The van der Waals surface area contributed by atoms with Crippen molar-refractivity contribution in [3.8, 4) is 0 Å². The van der Waals surface area contributed by atoms with Crippen LogP contribution in [0.25, 0.3) is 0 Å². The van der Waals surface area contributed by atoms with E-state index in [0.717, 1.165) is 16.3 Å². The van der Waals surface area contributed by atoms with Gasteiger partial charge in [-0.3, -0.25) is 9.59 Å². The molecule has 1 amide bonds. The Morgan fingerprint density at radius 1 is 1.27 bits per heavy atom. The number of carbonyl (C=O) groups excluding carboxylic acids is 1. The number of carbonyl (C=O) groups is 1. The summed E-state index contributed by atoms with van der Waals surface area (Å²) < 4.78 is 1.48. The van der Waals surface area contributed by atoms with Crippen molar-refractivity contribution in [1.82, 2.24) is 4.57 Å². The molecule has 1 atom stereocenters. The SMILES string of the molecule is Cc1cccn(CC(=O)N2c3ccccc3SC[C@@H]2C)c1=O. The molecular formula is C17H18N2O2S. The predicted molar refractivity (Wildman–Crippen MR) is 89.6 cm³/mol. The van der Waals surface area contributed by atoms with Crippen LogP contribution in [0.1, 0.15) is 12.5 Å². The van der Waals surface area contributed by atoms with E-state index in [-0.39, 0.29) is 24.1 Å². The third-order valence-electron chi connectivity index (χ3n) is 3.83. The maximum absolute atomic E-state index is 12.8. The van der Waals surface area contributed by atoms with Crippen molar-refractivity contribution in [1.29, 1.82) is 0 Å². The van der Waals surface area contributed by atoms with E-state index in [1.54, 1.807) is 37.0 Å². The molecule has 2 heterocycles. The summed E-state index contributed by atoms with van der Waals surface area (Å²) in [4.78, 5) is 27.8. The van der Waals surface area contributed by atoms with E-state index in [0.29, 0.717) is 5.56 Å². The second-order valence-electron chi connectivity index (χ2n) is 5.52. The van der Waals surface area contributed by atoms with Crippen molar-refractivity contribution in [3.63, 3.8) is 0 Å². The van der Waals surface area contributed by atoms with E-state index < -0.39 is 0 Å². The van der Waals surface area contributed by atoms with Crippen LogP contribution in [0.15, 0.2) is 52.3 Å². The highest BCUT2D eigenvalue weighted by Gasteiger charge is 2.28. The van der Waals surface area contributed by atoms with Crippen LogP contribution in [-0.2, 0) is 11.3 Å². The smallest absolute Gasteiger partial charge is 0.253 e. The first-order valence-electron chi connectivity index (χ1n) is 7.28. The molecule has 0 N–H and O–H groups in total. The molecule has 1 aromatic carbocycles. The van der Waals surface area contributed by atoms with Crippen molar-refractivity contribution in [2.45, 2.75) is 31.3 Å². The summed E-state index contributed by atoms with van der Waals surface area (Å²) in [7, 11) is 0. The molecule has 3 rings (SSSR count). The van der Waals surface area contributed by atoms with Gasteiger partial charge in [0.15, 0.2) is 0 Å². The van der Waals surface area contributed by atoms with E-state index in [9.17, 15) is 9.59 Å². The van der Waals surface area contributed by atoms with Gasteiger partial charge in [0.05, 0.1) is 5.69 Å². The zero-order chi connectivity index (χ0) is 15.7. The first kappa shape index (κ1) is 14.9. The summed E-state index contributed by atoms with van der Waals surface area (Å²) >= 11 is 1.77. The van der Waals surface area contributed by atoms with Gasteiger partial charge in [0.25, 0.3) is 5.56 Å². The number of hydrogen-bond donors (Lipinski definition) is 0. The fourth-order valence-electron chi connectivity index (χ4n) is 2.68. The standard InChI is InChI=1S/C17H18N2O2S/c1-12-6-5-9-18(17(12)21)10-16(20)19-13(2)11-22-15-8-4-3-7-14(15)19/h3-9,13H,10-11H2,1-2H3/t13-/m0/s1. The first-order valence-corrected chi connectivity index (χ1v) is 8.26. The van der Waals surface area contributed by atoms with Crippen LogP contribution >= 0.6 is 11.8 Å². The zero-order valence-electron chi connectivity index (χ0n) is 12.7. The molecule has 0 radical (unpaired) electrons. The molecule has 1 aliphatic rings. The normalized spacial score (nSPS) is 17.2. The largest absolute Gasteiger partial charge is 0.306 e. The van der Waals surface area contributed by atoms with Crippen molar-refractivity contribution in [3.05, 3.63) is 58.5 Å². The molecule has 1 aromatic heterocycles. The minimum Gasteiger partial charge on any atom is -0.306 e. The second kappa shape index (κ2) is 6.01. The maximum atomic E-state index is 12.8. The highest BCUT2D eigenvalue weighted by Crippen LogP contribution is 2.37. The van der Waals surface area contributed by atoms with Crippen molar-refractivity contribution in [2.75, 3.05) is 10.7 Å². The van der Waals surface area contributed by atoms with Crippen LogP contribution in [0.2, 0.25) is 0 Å². The van der Waals surface area contributed by atoms with E-state index in [1.807, 2.05) is 36.1 Å². The monoisotopic (exact) mass is 314 g/mol. The topological polar surface area (TPSA) is 42.3 Å². The molecule has 4 nitrogen and oxygen atoms in total. The van der Waals surface area contributed by atoms with Crippen LogP contribution in [0.5, 0.6) is 0 Å². The number of benzene rings is 1. The van der Waals surface area contributed by atoms with Crippen molar-refractivity contribution >= 4 is 23.4 Å². The summed E-state index contributed by atoms with van der Waals surface area (Å²) in [5, 5.41) is 0. The number of aryl methyl sites for hydroxylation is 1. The van der Waals surface area contributed by atoms with Crippen LogP contribution in [-0.4, -0.2) is 22.3 Å². The summed E-state index contributed by atoms with van der Waals surface area (Å²) in [6, 6.07) is 11.6. The molecule has 1 aliphatic heterocycles. The molecule has 0 spiro atoms. The Bertz CT molecular complexity index is 769. The summed E-state index contributed by atoms with van der Waals surface area (Å²) in [5.41, 5.74) is 1.48. The Labute approximate surface area is 133 Å². The number of para-hydroxylation sites is 1. The third-order valence-corrected chi connectivity index (χ3v) is 5.14. The Kier molecular flexibility index (Phi) is 4.07. The molecule has 0 saturated heterocycles. The lowest BCUT2D eigenvalue weighted by Gasteiger charge is -2.35. The number of fused-ring (bicyclic) bond motifs is 1. The van der Waals surface area contributed by atoms with Crippen LogP contribution in [0.3, 0.4) is 0 Å². The molecule has 2 aromatic rings. The minimum atomic E-state index is -0.108. The van der Waals surface area contributed by atoms with Gasteiger partial charge in [-0.05, 0) is 32.0 Å². The fourth-order valence-corrected chi connectivity index (χ4v) is 3.74. The number of pyridine rings is 1. The van der Waals surface area contributed by atoms with Gasteiger partial charge in [-0.25, -0.2) is 0 Å². The van der Waals surface area contributed by atoms with Gasteiger partial charge < -0.3 is 9.47 Å². The molecule has 0 unspecified atom stereocenters. The van der Waals surface area contributed by atoms with Crippen LogP contribution in [0.4, 0.5) is 5.69 Å². The highest BCUT2D eigenvalue weighted by molar-refractivity contribution is 7.99. The van der Waals surface area contributed by atoms with E-state index >= 15 is 0 Å². The second-order valence-corrected chi connectivity index (χ2v) is 6.58. The summed E-state index contributed by atoms with van der Waals surface area (Å²) in [6.45, 7) is 3.88. The van der Waals surface area contributed by atoms with Crippen LogP contribution in [0, 0.1) is 6.92 Å². The lowest BCUT2D eigenvalue weighted by atomic mass is 10.2. The number of thioether (sulfide) groups is 1. The molecule has 0 bridgehead atoms. The molecule has 114 valence electrons. The molecular weight excluding hydrogens is 296 g/mol. The lowest BCUT2D eigenvalue weighted by Crippen LogP contribution is -2.45. The average molecular weight is 314 g/mol. The molecule has 22 heavy (non-hydrogen) atoms. The van der Waals surface area contributed by atoms with E-state index in [2.05, 4.69) is 0 Å². The molecule has 0 saturated carbocycles. The van der Waals surface area contributed by atoms with Gasteiger partial charge in [0.1, 0.15) is 6.54 Å². The zero-order valence-corrected chi connectivity index (χ0v) is 13.5. The average Bonchev–Trinajstić information content (AvgIpc) is 2.51. The number of hydrogen-bond acceptors (Lipinski definition) is 3. The number of aromatic nitrogens is 1. The summed E-state index contributed by atoms with van der Waals surface area (Å²) in [6.07, 6.45) is 1.67. The van der Waals surface area contributed by atoms with Crippen molar-refractivity contribution in [2.24, 2.45) is 0 Å². The van der Waals surface area contributed by atoms with Crippen LogP contribution < -0.4 is 10.5 Å². The third kappa shape index (κ3) is 2.68. The fraction of sp³-hybridized carbons (Fsp3) is 0.294. The Balaban J connectivity index is 1.92. The van der Waals surface area contributed by atoms with Gasteiger partial charge >= 0.3 is 0 Å². The van der Waals surface area contributed by atoms with Gasteiger partial charge in [-0.2, -0.15) is 0 Å². The van der Waals surface area contributed by atoms with E-state index in [4.69, 9.17) is 0 Å². The molecule has 5 heteroatoms. The van der Waals surface area contributed by atoms with Gasteiger partial charge in [0, 0.05) is 28.5 Å². The highest BCUT2D eigenvalue weighted by atomic mass is 32.2. The van der Waals surface area contributed by atoms with Crippen molar-refractivity contribution < 1.29 is 4.79 Å². The Morgan fingerprint density at radius 3 is 2.86 bits per heavy atom. The number of rotatable bonds is 2.